The SMILES string of the molecule is CC(C)CC(N)C(=O)NC(C)C(=O)NC(Cc1c[nH]c2ccccc12)C(=O)NC(CO)C(=O)O. The number of aliphatic hydroxyl groups excluding tert-OH is 1. The highest BCUT2D eigenvalue weighted by Crippen LogP contribution is 2.19. The van der Waals surface area contributed by atoms with Crippen LogP contribution in [0.4, 0.5) is 0 Å². The topological polar surface area (TPSA) is 187 Å². The third-order valence-corrected chi connectivity index (χ3v) is 5.34. The number of carboxylic acid groups (broad SMARTS) is 1. The van der Waals surface area contributed by atoms with Crippen LogP contribution in [0.5, 0.6) is 0 Å². The molecule has 0 aliphatic carbocycles. The van der Waals surface area contributed by atoms with Crippen LogP contribution in [0, 0.1) is 5.92 Å². The number of nitrogens with two attached hydrogens (primary N) is 1. The first-order valence-corrected chi connectivity index (χ1v) is 11.1. The van der Waals surface area contributed by atoms with Gasteiger partial charge in [-0.15, -0.1) is 0 Å². The Morgan fingerprint density at radius 1 is 0.971 bits per heavy atom. The largest absolute Gasteiger partial charge is 0.480 e. The van der Waals surface area contributed by atoms with Crippen LogP contribution >= 0.6 is 0 Å². The maximum atomic E-state index is 12.9. The van der Waals surface area contributed by atoms with Crippen LogP contribution < -0.4 is 21.7 Å². The standard InChI is InChI=1S/C23H33N5O6/c1-12(2)8-16(24)21(31)26-13(3)20(30)27-18(22(32)28-19(11-29)23(33)34)9-14-10-25-17-7-5-4-6-15(14)17/h4-7,10,12-13,16,18-19,25,29H,8-9,11,24H2,1-3H3,(H,26,31)(H,27,30)(H,28,32)(H,33,34). The van der Waals surface area contributed by atoms with E-state index in [4.69, 9.17) is 10.8 Å². The molecule has 11 nitrogen and oxygen atoms in total. The van der Waals surface area contributed by atoms with Gasteiger partial charge in [0.1, 0.15) is 18.1 Å². The molecule has 3 amide bonds. The minimum Gasteiger partial charge on any atom is -0.480 e. The van der Waals surface area contributed by atoms with E-state index in [1.807, 2.05) is 38.1 Å². The molecule has 2 aromatic rings. The van der Waals surface area contributed by atoms with Gasteiger partial charge in [-0.05, 0) is 30.9 Å². The van der Waals surface area contributed by atoms with Crippen molar-refractivity contribution in [3.63, 3.8) is 0 Å². The summed E-state index contributed by atoms with van der Waals surface area (Å²) in [5.41, 5.74) is 7.43. The van der Waals surface area contributed by atoms with Crippen molar-refractivity contribution in [1.29, 1.82) is 0 Å². The molecule has 0 spiro atoms. The maximum Gasteiger partial charge on any atom is 0.328 e. The lowest BCUT2D eigenvalue weighted by molar-refractivity contribution is -0.143. The summed E-state index contributed by atoms with van der Waals surface area (Å²) in [4.78, 5) is 52.3. The van der Waals surface area contributed by atoms with Gasteiger partial charge in [0, 0.05) is 23.5 Å². The van der Waals surface area contributed by atoms with Crippen molar-refractivity contribution in [2.75, 3.05) is 6.61 Å². The van der Waals surface area contributed by atoms with Gasteiger partial charge in [-0.3, -0.25) is 14.4 Å². The summed E-state index contributed by atoms with van der Waals surface area (Å²) in [6, 6.07) is 2.93. The van der Waals surface area contributed by atoms with E-state index in [0.717, 1.165) is 16.5 Å². The number of amides is 3. The van der Waals surface area contributed by atoms with Gasteiger partial charge in [0.05, 0.1) is 12.6 Å². The van der Waals surface area contributed by atoms with Gasteiger partial charge >= 0.3 is 5.97 Å². The number of aromatic nitrogens is 1. The Morgan fingerprint density at radius 2 is 1.62 bits per heavy atom. The first-order chi connectivity index (χ1) is 16.0. The fourth-order valence-electron chi connectivity index (χ4n) is 3.49. The van der Waals surface area contributed by atoms with Gasteiger partial charge < -0.3 is 36.9 Å². The average molecular weight is 476 g/mol. The molecule has 0 aliphatic heterocycles. The Labute approximate surface area is 197 Å². The van der Waals surface area contributed by atoms with E-state index in [2.05, 4.69) is 20.9 Å². The summed E-state index contributed by atoms with van der Waals surface area (Å²) in [5, 5.41) is 26.6. The third kappa shape index (κ3) is 7.29. The highest BCUT2D eigenvalue weighted by molar-refractivity contribution is 5.94. The van der Waals surface area contributed by atoms with E-state index >= 15 is 0 Å². The number of para-hydroxylation sites is 1. The number of aliphatic carboxylic acids is 1. The molecule has 0 saturated carbocycles. The van der Waals surface area contributed by atoms with Crippen molar-refractivity contribution < 1.29 is 29.4 Å². The van der Waals surface area contributed by atoms with Crippen LogP contribution in [-0.4, -0.2) is 69.7 Å². The van der Waals surface area contributed by atoms with E-state index in [1.165, 1.54) is 6.92 Å². The molecule has 1 aromatic heterocycles. The number of hydrogen-bond acceptors (Lipinski definition) is 6. The van der Waals surface area contributed by atoms with Crippen molar-refractivity contribution in [3.8, 4) is 0 Å². The molecule has 2 rings (SSSR count). The number of carbonyl (C=O) groups excluding carboxylic acids is 3. The van der Waals surface area contributed by atoms with Gasteiger partial charge in [0.15, 0.2) is 0 Å². The zero-order chi connectivity index (χ0) is 25.4. The predicted octanol–water partition coefficient (Wildman–Crippen LogP) is -0.365. The lowest BCUT2D eigenvalue weighted by Gasteiger charge is -2.23. The number of rotatable bonds is 12. The zero-order valence-electron chi connectivity index (χ0n) is 19.5. The molecule has 0 radical (unpaired) electrons. The molecule has 4 unspecified atom stereocenters. The first-order valence-electron chi connectivity index (χ1n) is 11.1. The van der Waals surface area contributed by atoms with Crippen LogP contribution in [0.1, 0.15) is 32.8 Å². The molecular formula is C23H33N5O6. The molecule has 0 bridgehead atoms. The normalized spacial score (nSPS) is 14.8. The fraction of sp³-hybridized carbons (Fsp3) is 0.478. The molecule has 186 valence electrons. The van der Waals surface area contributed by atoms with Crippen molar-refractivity contribution in [1.82, 2.24) is 20.9 Å². The molecule has 11 heteroatoms. The Kier molecular flexibility index (Phi) is 9.58. The second-order valence-electron chi connectivity index (χ2n) is 8.67. The molecular weight excluding hydrogens is 442 g/mol. The van der Waals surface area contributed by atoms with Crippen LogP contribution in [0.3, 0.4) is 0 Å². The third-order valence-electron chi connectivity index (χ3n) is 5.34. The molecule has 34 heavy (non-hydrogen) atoms. The average Bonchev–Trinajstić information content (AvgIpc) is 3.18. The van der Waals surface area contributed by atoms with E-state index in [1.54, 1.807) is 6.20 Å². The van der Waals surface area contributed by atoms with Crippen molar-refractivity contribution in [2.24, 2.45) is 11.7 Å². The first kappa shape index (κ1) is 26.8. The zero-order valence-corrected chi connectivity index (χ0v) is 19.5. The van der Waals surface area contributed by atoms with Gasteiger partial charge in [-0.2, -0.15) is 0 Å². The Morgan fingerprint density at radius 3 is 2.24 bits per heavy atom. The summed E-state index contributed by atoms with van der Waals surface area (Å²) >= 11 is 0. The lowest BCUT2D eigenvalue weighted by atomic mass is 10.0. The Hall–Kier alpha value is -3.44. The minimum atomic E-state index is -1.53. The van der Waals surface area contributed by atoms with Crippen LogP contribution in [0.2, 0.25) is 0 Å². The summed E-state index contributed by atoms with van der Waals surface area (Å²) in [6.07, 6.45) is 2.20. The van der Waals surface area contributed by atoms with Gasteiger partial charge in [-0.25, -0.2) is 4.79 Å². The molecule has 0 saturated heterocycles. The number of benzene rings is 1. The summed E-state index contributed by atoms with van der Waals surface area (Å²) in [6.45, 7) is 4.50. The smallest absolute Gasteiger partial charge is 0.328 e. The molecule has 8 N–H and O–H groups in total. The fourth-order valence-corrected chi connectivity index (χ4v) is 3.49. The molecule has 4 atom stereocenters. The van der Waals surface area contributed by atoms with Crippen molar-refractivity contribution >= 4 is 34.6 Å². The number of nitrogens with one attached hydrogen (secondary N) is 4. The summed E-state index contributed by atoms with van der Waals surface area (Å²) in [7, 11) is 0. The van der Waals surface area contributed by atoms with E-state index in [-0.39, 0.29) is 12.3 Å². The Balaban J connectivity index is 2.17. The number of aromatic amines is 1. The molecule has 1 aromatic carbocycles. The van der Waals surface area contributed by atoms with Crippen LogP contribution in [0.25, 0.3) is 10.9 Å². The highest BCUT2D eigenvalue weighted by atomic mass is 16.4. The molecule has 0 aliphatic rings. The van der Waals surface area contributed by atoms with Gasteiger partial charge in [-0.1, -0.05) is 32.0 Å². The number of hydrogen-bond donors (Lipinski definition) is 7. The lowest BCUT2D eigenvalue weighted by Crippen LogP contribution is -2.57. The van der Waals surface area contributed by atoms with Crippen molar-refractivity contribution in [2.45, 2.75) is 57.8 Å². The van der Waals surface area contributed by atoms with E-state index < -0.39 is 54.5 Å². The number of carboxylic acids is 1. The maximum absolute atomic E-state index is 12.9. The van der Waals surface area contributed by atoms with Gasteiger partial charge in [0.25, 0.3) is 0 Å². The van der Waals surface area contributed by atoms with Crippen molar-refractivity contribution in [3.05, 3.63) is 36.0 Å². The van der Waals surface area contributed by atoms with Crippen LogP contribution in [0.15, 0.2) is 30.5 Å². The number of aliphatic hydroxyl groups is 1. The highest BCUT2D eigenvalue weighted by Gasteiger charge is 2.29. The number of carbonyl (C=O) groups is 4. The minimum absolute atomic E-state index is 0.0485. The van der Waals surface area contributed by atoms with E-state index in [9.17, 15) is 24.3 Å². The second kappa shape index (κ2) is 12.1. The van der Waals surface area contributed by atoms with Crippen LogP contribution in [-0.2, 0) is 25.6 Å². The summed E-state index contributed by atoms with van der Waals surface area (Å²) < 4.78 is 0. The summed E-state index contributed by atoms with van der Waals surface area (Å²) in [5.74, 6) is -3.12. The molecule has 1 heterocycles. The quantitative estimate of drug-likeness (QED) is 0.218. The van der Waals surface area contributed by atoms with Gasteiger partial charge in [0.2, 0.25) is 17.7 Å². The monoisotopic (exact) mass is 475 g/mol. The second-order valence-corrected chi connectivity index (χ2v) is 8.67. The Bertz CT molecular complexity index is 1020. The van der Waals surface area contributed by atoms with E-state index in [0.29, 0.717) is 6.42 Å². The number of H-pyrrole nitrogens is 1. The predicted molar refractivity (Wildman–Crippen MR) is 126 cm³/mol. The number of fused-ring (bicyclic) bond motifs is 1. The molecule has 0 fully saturated rings.